The molecule has 2 aromatic rings. The lowest BCUT2D eigenvalue weighted by molar-refractivity contribution is -0.136. The molecule has 2 N–H and O–H groups in total. The van der Waals surface area contributed by atoms with Crippen LogP contribution >= 0.6 is 0 Å². The molecule has 1 atom stereocenters. The number of nitrogens with one attached hydrogen (secondary N) is 2. The third-order valence-corrected chi connectivity index (χ3v) is 6.56. The predicted octanol–water partition coefficient (Wildman–Crippen LogP) is 1.58. The van der Waals surface area contributed by atoms with Gasteiger partial charge in [-0.05, 0) is 35.7 Å². The predicted molar refractivity (Wildman–Crippen MR) is 128 cm³/mol. The fraction of sp³-hybridized carbons (Fsp3) is 0.440. The molecule has 5 rings (SSSR count). The van der Waals surface area contributed by atoms with Crippen molar-refractivity contribution in [3.05, 3.63) is 47.5 Å². The highest BCUT2D eigenvalue weighted by Crippen LogP contribution is 2.33. The van der Waals surface area contributed by atoms with E-state index < -0.39 is 11.8 Å². The van der Waals surface area contributed by atoms with Crippen molar-refractivity contribution in [3.8, 4) is 11.5 Å². The van der Waals surface area contributed by atoms with Gasteiger partial charge in [-0.2, -0.15) is 0 Å². The van der Waals surface area contributed by atoms with Gasteiger partial charge in [0.15, 0.2) is 11.5 Å². The Hall–Kier alpha value is -3.30. The van der Waals surface area contributed by atoms with Crippen molar-refractivity contribution in [3.63, 3.8) is 0 Å². The van der Waals surface area contributed by atoms with Crippen LogP contribution in [0.4, 0.5) is 11.4 Å². The molecule has 0 unspecified atom stereocenters. The van der Waals surface area contributed by atoms with Gasteiger partial charge in [-0.25, -0.2) is 0 Å². The van der Waals surface area contributed by atoms with Crippen LogP contribution in [0, 0.1) is 0 Å². The van der Waals surface area contributed by atoms with Crippen molar-refractivity contribution in [2.45, 2.75) is 12.5 Å². The number of morpholine rings is 1. The Morgan fingerprint density at radius 3 is 2.56 bits per heavy atom. The van der Waals surface area contributed by atoms with Gasteiger partial charge in [-0.15, -0.1) is 0 Å². The van der Waals surface area contributed by atoms with Crippen LogP contribution in [0.2, 0.25) is 0 Å². The van der Waals surface area contributed by atoms with E-state index in [0.29, 0.717) is 50.2 Å². The quantitative estimate of drug-likeness (QED) is 0.647. The molecule has 0 aliphatic carbocycles. The number of amides is 2. The molecule has 9 nitrogen and oxygen atoms in total. The highest BCUT2D eigenvalue weighted by Gasteiger charge is 2.26. The van der Waals surface area contributed by atoms with Crippen LogP contribution in [-0.4, -0.2) is 76.4 Å². The van der Waals surface area contributed by atoms with E-state index in [1.165, 1.54) is 11.3 Å². The average molecular weight is 467 g/mol. The third-order valence-electron chi connectivity index (χ3n) is 6.56. The van der Waals surface area contributed by atoms with Gasteiger partial charge < -0.3 is 29.7 Å². The zero-order valence-electron chi connectivity index (χ0n) is 19.3. The first-order chi connectivity index (χ1) is 16.6. The summed E-state index contributed by atoms with van der Waals surface area (Å²) in [6.45, 7) is 5.16. The lowest BCUT2D eigenvalue weighted by Crippen LogP contribution is -2.45. The number of fused-ring (bicyclic) bond motifs is 2. The molecule has 1 saturated heterocycles. The molecule has 0 spiro atoms. The first kappa shape index (κ1) is 22.5. The van der Waals surface area contributed by atoms with Crippen LogP contribution in [0.1, 0.15) is 17.2 Å². The Morgan fingerprint density at radius 1 is 0.941 bits per heavy atom. The number of nitrogens with zero attached hydrogens (tertiary/aromatic N) is 2. The molecule has 0 saturated carbocycles. The monoisotopic (exact) mass is 466 g/mol. The van der Waals surface area contributed by atoms with Crippen LogP contribution in [0.5, 0.6) is 11.5 Å². The normalized spacial score (nSPS) is 18.2. The number of likely N-dealkylation sites (N-methyl/N-ethyl adjacent to an activating group) is 1. The Bertz CT molecular complexity index is 1070. The Kier molecular flexibility index (Phi) is 6.55. The van der Waals surface area contributed by atoms with Crippen molar-refractivity contribution >= 4 is 23.2 Å². The zero-order valence-corrected chi connectivity index (χ0v) is 19.3. The molecule has 9 heteroatoms. The van der Waals surface area contributed by atoms with Crippen LogP contribution in [-0.2, 0) is 20.7 Å². The summed E-state index contributed by atoms with van der Waals surface area (Å²) in [5, 5.41) is 5.49. The summed E-state index contributed by atoms with van der Waals surface area (Å²) in [5.74, 6) is -0.205. The van der Waals surface area contributed by atoms with Gasteiger partial charge >= 0.3 is 11.8 Å². The van der Waals surface area contributed by atoms with E-state index in [1.807, 2.05) is 0 Å². The topological polar surface area (TPSA) is 92.4 Å². The second-order valence-electron chi connectivity index (χ2n) is 8.75. The maximum absolute atomic E-state index is 12.7. The summed E-state index contributed by atoms with van der Waals surface area (Å²) in [6, 6.07) is 11.6. The van der Waals surface area contributed by atoms with E-state index in [9.17, 15) is 9.59 Å². The van der Waals surface area contributed by atoms with E-state index in [2.05, 4.69) is 45.7 Å². The molecule has 180 valence electrons. The van der Waals surface area contributed by atoms with E-state index in [0.717, 1.165) is 31.6 Å². The summed E-state index contributed by atoms with van der Waals surface area (Å²) in [4.78, 5) is 29.8. The fourth-order valence-electron chi connectivity index (χ4n) is 4.72. The van der Waals surface area contributed by atoms with Crippen molar-refractivity contribution < 1.29 is 23.8 Å². The molecular formula is C25H30N4O5. The highest BCUT2D eigenvalue weighted by molar-refractivity contribution is 6.39. The molecule has 2 aromatic carbocycles. The summed E-state index contributed by atoms with van der Waals surface area (Å²) in [6.07, 6.45) is 1.01. The maximum atomic E-state index is 12.7. The molecule has 0 aromatic heterocycles. The summed E-state index contributed by atoms with van der Waals surface area (Å²) in [7, 11) is 2.10. The molecule has 0 bridgehead atoms. The molecule has 2 amide bonds. The molecular weight excluding hydrogens is 436 g/mol. The van der Waals surface area contributed by atoms with Crippen LogP contribution in [0.15, 0.2) is 36.4 Å². The standard InChI is InChI=1S/C25H30N4O5/c1-28-7-6-18-14-17(2-4-20(18)28)21(29-8-10-32-11-9-29)16-26-24(30)25(31)27-19-3-5-22-23(15-19)34-13-12-33-22/h2-5,14-15,21H,6-13,16H2,1H3,(H,26,30)(H,27,31)/t21-/m0/s1. The van der Waals surface area contributed by atoms with Crippen molar-refractivity contribution in [1.82, 2.24) is 10.2 Å². The number of carbonyl (C=O) groups is 2. The summed E-state index contributed by atoms with van der Waals surface area (Å²) < 4.78 is 16.6. The number of hydrogen-bond donors (Lipinski definition) is 2. The van der Waals surface area contributed by atoms with Gasteiger partial charge in [0.25, 0.3) is 0 Å². The number of hydrogen-bond acceptors (Lipinski definition) is 7. The first-order valence-electron chi connectivity index (χ1n) is 11.7. The third kappa shape index (κ3) is 4.80. The molecule has 3 aliphatic rings. The van der Waals surface area contributed by atoms with E-state index in [4.69, 9.17) is 14.2 Å². The van der Waals surface area contributed by atoms with Crippen molar-refractivity contribution in [2.75, 3.05) is 69.9 Å². The number of benzene rings is 2. The van der Waals surface area contributed by atoms with Crippen LogP contribution < -0.4 is 25.0 Å². The number of ether oxygens (including phenoxy) is 3. The molecule has 0 radical (unpaired) electrons. The smallest absolute Gasteiger partial charge is 0.313 e. The van der Waals surface area contributed by atoms with Gasteiger partial charge in [-0.1, -0.05) is 12.1 Å². The van der Waals surface area contributed by atoms with E-state index >= 15 is 0 Å². The number of carbonyl (C=O) groups excluding carboxylic acids is 2. The zero-order chi connectivity index (χ0) is 23.5. The van der Waals surface area contributed by atoms with Crippen LogP contribution in [0.3, 0.4) is 0 Å². The largest absolute Gasteiger partial charge is 0.486 e. The molecule has 3 aliphatic heterocycles. The van der Waals surface area contributed by atoms with E-state index in [-0.39, 0.29) is 6.04 Å². The van der Waals surface area contributed by atoms with Crippen molar-refractivity contribution in [2.24, 2.45) is 0 Å². The Morgan fingerprint density at radius 2 is 1.74 bits per heavy atom. The maximum Gasteiger partial charge on any atom is 0.313 e. The summed E-state index contributed by atoms with van der Waals surface area (Å²) >= 11 is 0. The molecule has 1 fully saturated rings. The van der Waals surface area contributed by atoms with Crippen LogP contribution in [0.25, 0.3) is 0 Å². The van der Waals surface area contributed by atoms with E-state index in [1.54, 1.807) is 18.2 Å². The fourth-order valence-corrected chi connectivity index (χ4v) is 4.72. The van der Waals surface area contributed by atoms with Gasteiger partial charge in [0.1, 0.15) is 13.2 Å². The Labute approximate surface area is 198 Å². The lowest BCUT2D eigenvalue weighted by Gasteiger charge is -2.35. The van der Waals surface area contributed by atoms with Gasteiger partial charge in [0, 0.05) is 50.7 Å². The Balaban J connectivity index is 1.25. The minimum atomic E-state index is -0.715. The minimum absolute atomic E-state index is 0.0360. The first-order valence-corrected chi connectivity index (χ1v) is 11.7. The average Bonchev–Trinajstić information content (AvgIpc) is 3.24. The van der Waals surface area contributed by atoms with Gasteiger partial charge in [-0.3, -0.25) is 14.5 Å². The van der Waals surface area contributed by atoms with Gasteiger partial charge in [0.05, 0.1) is 19.3 Å². The second kappa shape index (κ2) is 9.90. The molecule has 3 heterocycles. The second-order valence-corrected chi connectivity index (χ2v) is 8.75. The minimum Gasteiger partial charge on any atom is -0.486 e. The lowest BCUT2D eigenvalue weighted by atomic mass is 10.0. The highest BCUT2D eigenvalue weighted by atomic mass is 16.6. The van der Waals surface area contributed by atoms with Gasteiger partial charge in [0.2, 0.25) is 0 Å². The molecule has 34 heavy (non-hydrogen) atoms. The number of anilines is 2. The number of rotatable bonds is 5. The van der Waals surface area contributed by atoms with Crippen molar-refractivity contribution in [1.29, 1.82) is 0 Å². The SMILES string of the molecule is CN1CCc2cc([C@H](CNC(=O)C(=O)Nc3ccc4c(c3)OCCO4)N3CCOCC3)ccc21. The summed E-state index contributed by atoms with van der Waals surface area (Å²) in [5.41, 5.74) is 4.20.